The fourth-order valence-corrected chi connectivity index (χ4v) is 4.65. The van der Waals surface area contributed by atoms with Crippen LogP contribution in [0.2, 0.25) is 0 Å². The Kier molecular flexibility index (Phi) is 3.31. The van der Waals surface area contributed by atoms with Gasteiger partial charge in [-0.25, -0.2) is 0 Å². The highest BCUT2D eigenvalue weighted by Crippen LogP contribution is 2.34. The van der Waals surface area contributed by atoms with Crippen molar-refractivity contribution in [1.29, 1.82) is 0 Å². The molecule has 2 fully saturated rings. The molecule has 2 aliphatic carbocycles. The number of fused-ring (bicyclic) bond motifs is 1. The van der Waals surface area contributed by atoms with Crippen molar-refractivity contribution in [2.45, 2.75) is 56.5 Å². The third-order valence-electron chi connectivity index (χ3n) is 5.73. The Bertz CT molecular complexity index is 451. The lowest BCUT2D eigenvalue weighted by atomic mass is 9.96. The standard InChI is InChI=1S/C18H26N2/c1-2-7-16-13-17(12-15(16)6-1)20-11-5-10-19-18(14-20)8-3-4-9-18/h1-2,6-7,17,19H,3-5,8-14H2. The predicted octanol–water partition coefficient (Wildman–Crippen LogP) is 2.76. The molecule has 3 aliphatic rings. The second-order valence-electron chi connectivity index (χ2n) is 7.07. The van der Waals surface area contributed by atoms with E-state index in [0.717, 1.165) is 6.04 Å². The number of rotatable bonds is 1. The molecule has 4 rings (SSSR count). The normalized spacial score (nSPS) is 26.8. The third kappa shape index (κ3) is 2.29. The monoisotopic (exact) mass is 270 g/mol. The fourth-order valence-electron chi connectivity index (χ4n) is 4.65. The van der Waals surface area contributed by atoms with E-state index in [1.807, 2.05) is 0 Å². The van der Waals surface area contributed by atoms with Gasteiger partial charge in [-0.05, 0) is 56.3 Å². The molecular weight excluding hydrogens is 244 g/mol. The van der Waals surface area contributed by atoms with E-state index < -0.39 is 0 Å². The molecule has 1 N–H and O–H groups in total. The molecule has 1 saturated heterocycles. The summed E-state index contributed by atoms with van der Waals surface area (Å²) in [6, 6.07) is 9.81. The Hall–Kier alpha value is -0.860. The van der Waals surface area contributed by atoms with Gasteiger partial charge in [0.25, 0.3) is 0 Å². The van der Waals surface area contributed by atoms with Crippen LogP contribution < -0.4 is 5.32 Å². The molecule has 2 nitrogen and oxygen atoms in total. The summed E-state index contributed by atoms with van der Waals surface area (Å²) in [7, 11) is 0. The van der Waals surface area contributed by atoms with E-state index >= 15 is 0 Å². The smallest absolute Gasteiger partial charge is 0.0308 e. The molecule has 0 radical (unpaired) electrons. The van der Waals surface area contributed by atoms with Crippen LogP contribution in [0.5, 0.6) is 0 Å². The SMILES string of the molecule is c1ccc2c(c1)CC(N1CCCNC3(CCCC3)C1)C2. The van der Waals surface area contributed by atoms with Crippen LogP contribution in [-0.2, 0) is 12.8 Å². The maximum atomic E-state index is 3.89. The summed E-state index contributed by atoms with van der Waals surface area (Å²) in [5, 5.41) is 3.89. The molecule has 1 saturated carbocycles. The van der Waals surface area contributed by atoms with Gasteiger partial charge in [-0.1, -0.05) is 37.1 Å². The van der Waals surface area contributed by atoms with Crippen molar-refractivity contribution in [1.82, 2.24) is 10.2 Å². The molecule has 1 aliphatic heterocycles. The first-order valence-electron chi connectivity index (χ1n) is 8.41. The summed E-state index contributed by atoms with van der Waals surface area (Å²) in [5.41, 5.74) is 3.64. The van der Waals surface area contributed by atoms with E-state index in [2.05, 4.69) is 34.5 Å². The van der Waals surface area contributed by atoms with Crippen LogP contribution in [0.3, 0.4) is 0 Å². The van der Waals surface area contributed by atoms with E-state index in [1.165, 1.54) is 64.6 Å². The van der Waals surface area contributed by atoms with Gasteiger partial charge < -0.3 is 5.32 Å². The van der Waals surface area contributed by atoms with Crippen molar-refractivity contribution in [3.63, 3.8) is 0 Å². The lowest BCUT2D eigenvalue weighted by molar-refractivity contribution is 0.160. The lowest BCUT2D eigenvalue weighted by Crippen LogP contribution is -2.51. The van der Waals surface area contributed by atoms with Crippen molar-refractivity contribution in [3.8, 4) is 0 Å². The van der Waals surface area contributed by atoms with Crippen LogP contribution in [0.4, 0.5) is 0 Å². The molecule has 0 bridgehead atoms. The Morgan fingerprint density at radius 1 is 1.00 bits per heavy atom. The molecule has 1 aromatic rings. The Labute approximate surface area is 122 Å². The van der Waals surface area contributed by atoms with Crippen LogP contribution in [0.15, 0.2) is 24.3 Å². The van der Waals surface area contributed by atoms with E-state index in [0.29, 0.717) is 5.54 Å². The molecule has 2 heteroatoms. The zero-order valence-electron chi connectivity index (χ0n) is 12.4. The number of nitrogens with zero attached hydrogens (tertiary/aromatic N) is 1. The molecule has 1 spiro atoms. The number of benzene rings is 1. The minimum absolute atomic E-state index is 0.450. The van der Waals surface area contributed by atoms with Crippen molar-refractivity contribution in [2.75, 3.05) is 19.6 Å². The van der Waals surface area contributed by atoms with Crippen molar-refractivity contribution in [2.24, 2.45) is 0 Å². The van der Waals surface area contributed by atoms with Crippen molar-refractivity contribution < 1.29 is 0 Å². The van der Waals surface area contributed by atoms with Gasteiger partial charge in [0.2, 0.25) is 0 Å². The zero-order chi connectivity index (χ0) is 13.4. The highest BCUT2D eigenvalue weighted by molar-refractivity contribution is 5.33. The van der Waals surface area contributed by atoms with Crippen LogP contribution in [0.25, 0.3) is 0 Å². The van der Waals surface area contributed by atoms with Gasteiger partial charge in [0, 0.05) is 18.1 Å². The summed E-state index contributed by atoms with van der Waals surface area (Å²) >= 11 is 0. The highest BCUT2D eigenvalue weighted by Gasteiger charge is 2.39. The van der Waals surface area contributed by atoms with Crippen LogP contribution >= 0.6 is 0 Å². The van der Waals surface area contributed by atoms with Crippen LogP contribution in [0.1, 0.15) is 43.2 Å². The average Bonchev–Trinajstić information content (AvgIpc) is 3.03. The van der Waals surface area contributed by atoms with Gasteiger partial charge in [0.05, 0.1) is 0 Å². The van der Waals surface area contributed by atoms with Gasteiger partial charge in [0.1, 0.15) is 0 Å². The van der Waals surface area contributed by atoms with E-state index in [-0.39, 0.29) is 0 Å². The Morgan fingerprint density at radius 3 is 2.40 bits per heavy atom. The summed E-state index contributed by atoms with van der Waals surface area (Å²) in [4.78, 5) is 2.81. The van der Waals surface area contributed by atoms with Gasteiger partial charge >= 0.3 is 0 Å². The van der Waals surface area contributed by atoms with E-state index in [4.69, 9.17) is 0 Å². The van der Waals surface area contributed by atoms with Gasteiger partial charge in [-0.3, -0.25) is 4.90 Å². The highest BCUT2D eigenvalue weighted by atomic mass is 15.2. The first-order chi connectivity index (χ1) is 9.85. The van der Waals surface area contributed by atoms with Crippen LogP contribution in [0, 0.1) is 0 Å². The minimum Gasteiger partial charge on any atom is -0.310 e. The van der Waals surface area contributed by atoms with E-state index in [9.17, 15) is 0 Å². The quantitative estimate of drug-likeness (QED) is 0.844. The lowest BCUT2D eigenvalue weighted by Gasteiger charge is -2.36. The third-order valence-corrected chi connectivity index (χ3v) is 5.73. The molecule has 20 heavy (non-hydrogen) atoms. The van der Waals surface area contributed by atoms with E-state index in [1.54, 1.807) is 11.1 Å². The average molecular weight is 270 g/mol. The molecule has 0 amide bonds. The molecule has 0 atom stereocenters. The summed E-state index contributed by atoms with van der Waals surface area (Å²) in [5.74, 6) is 0. The zero-order valence-corrected chi connectivity index (χ0v) is 12.4. The molecule has 1 aromatic carbocycles. The molecule has 0 unspecified atom stereocenters. The second-order valence-corrected chi connectivity index (χ2v) is 7.07. The fraction of sp³-hybridized carbons (Fsp3) is 0.667. The second kappa shape index (κ2) is 5.16. The maximum absolute atomic E-state index is 3.89. The van der Waals surface area contributed by atoms with Crippen molar-refractivity contribution >= 4 is 0 Å². The Morgan fingerprint density at radius 2 is 1.70 bits per heavy atom. The largest absolute Gasteiger partial charge is 0.310 e. The Balaban J connectivity index is 1.51. The van der Waals surface area contributed by atoms with Gasteiger partial charge in [-0.15, -0.1) is 0 Å². The minimum atomic E-state index is 0.450. The molecular formula is C18H26N2. The summed E-state index contributed by atoms with van der Waals surface area (Å²) in [6.45, 7) is 3.79. The molecule has 108 valence electrons. The topological polar surface area (TPSA) is 15.3 Å². The van der Waals surface area contributed by atoms with Crippen LogP contribution in [-0.4, -0.2) is 36.1 Å². The summed E-state index contributed by atoms with van der Waals surface area (Å²) in [6.07, 6.45) is 9.48. The number of nitrogens with one attached hydrogen (secondary N) is 1. The first kappa shape index (κ1) is 12.8. The number of hydrogen-bond acceptors (Lipinski definition) is 2. The number of hydrogen-bond donors (Lipinski definition) is 1. The molecule has 0 aromatic heterocycles. The van der Waals surface area contributed by atoms with Crippen molar-refractivity contribution in [3.05, 3.63) is 35.4 Å². The maximum Gasteiger partial charge on any atom is 0.0308 e. The van der Waals surface area contributed by atoms with Gasteiger partial charge in [-0.2, -0.15) is 0 Å². The van der Waals surface area contributed by atoms with Gasteiger partial charge in [0.15, 0.2) is 0 Å². The summed E-state index contributed by atoms with van der Waals surface area (Å²) < 4.78 is 0. The first-order valence-corrected chi connectivity index (χ1v) is 8.41. The predicted molar refractivity (Wildman–Crippen MR) is 83.0 cm³/mol. The molecule has 1 heterocycles.